The summed E-state index contributed by atoms with van der Waals surface area (Å²) >= 11 is 0. The third kappa shape index (κ3) is 3.39. The van der Waals surface area contributed by atoms with Crippen molar-refractivity contribution in [1.82, 2.24) is 9.47 Å². The van der Waals surface area contributed by atoms with Crippen LogP contribution in [-0.2, 0) is 24.2 Å². The van der Waals surface area contributed by atoms with Crippen LogP contribution in [0.4, 0.5) is 0 Å². The normalized spacial score (nSPS) is 19.1. The number of amides is 1. The molecule has 2 heterocycles. The van der Waals surface area contributed by atoms with Crippen LogP contribution in [0.5, 0.6) is 0 Å². The van der Waals surface area contributed by atoms with Crippen LogP contribution in [-0.4, -0.2) is 45.5 Å². The molecule has 2 aliphatic rings. The van der Waals surface area contributed by atoms with E-state index in [0.29, 0.717) is 13.0 Å². The number of fused-ring (bicyclic) bond motifs is 1. The highest BCUT2D eigenvalue weighted by molar-refractivity contribution is 6.01. The van der Waals surface area contributed by atoms with Crippen molar-refractivity contribution in [2.45, 2.75) is 58.0 Å². The van der Waals surface area contributed by atoms with Crippen LogP contribution in [0.3, 0.4) is 0 Å². The molecule has 1 saturated heterocycles. The van der Waals surface area contributed by atoms with E-state index in [4.69, 9.17) is 0 Å². The Balaban J connectivity index is 1.69. The number of rotatable bonds is 5. The third-order valence-corrected chi connectivity index (χ3v) is 6.27. The first-order valence-electron chi connectivity index (χ1n) is 10.3. The van der Waals surface area contributed by atoms with Crippen LogP contribution in [0.25, 0.3) is 0 Å². The lowest BCUT2D eigenvalue weighted by atomic mass is 9.92. The number of carbonyl (C=O) groups is 2. The summed E-state index contributed by atoms with van der Waals surface area (Å²) in [7, 11) is 0. The molecule has 1 fully saturated rings. The Labute approximate surface area is 166 Å². The maximum atomic E-state index is 13.0. The van der Waals surface area contributed by atoms with E-state index in [-0.39, 0.29) is 30.8 Å². The molecule has 1 aromatic carbocycles. The average Bonchev–Trinajstić information content (AvgIpc) is 3.28. The predicted molar refractivity (Wildman–Crippen MR) is 108 cm³/mol. The minimum Gasteiger partial charge on any atom is -0.394 e. The maximum Gasteiger partial charge on any atom is 0.227 e. The van der Waals surface area contributed by atoms with Gasteiger partial charge in [-0.2, -0.15) is 0 Å². The van der Waals surface area contributed by atoms with E-state index in [9.17, 15) is 14.7 Å². The number of hydrogen-bond donors (Lipinski definition) is 1. The smallest absolute Gasteiger partial charge is 0.227 e. The van der Waals surface area contributed by atoms with Crippen molar-refractivity contribution in [3.63, 3.8) is 0 Å². The van der Waals surface area contributed by atoms with E-state index >= 15 is 0 Å². The van der Waals surface area contributed by atoms with Gasteiger partial charge in [0.1, 0.15) is 0 Å². The van der Waals surface area contributed by atoms with E-state index < -0.39 is 0 Å². The molecule has 0 unspecified atom stereocenters. The molecule has 1 aromatic heterocycles. The number of likely N-dealkylation sites (tertiary alicyclic amines) is 1. The molecule has 148 valence electrons. The summed E-state index contributed by atoms with van der Waals surface area (Å²) in [6.07, 6.45) is 4.35. The van der Waals surface area contributed by atoms with Gasteiger partial charge in [-0.05, 0) is 43.7 Å². The number of aromatic nitrogens is 1. The number of aliphatic hydroxyl groups is 1. The number of hydrogen-bond acceptors (Lipinski definition) is 3. The predicted octanol–water partition coefficient (Wildman–Crippen LogP) is 2.89. The lowest BCUT2D eigenvalue weighted by Crippen LogP contribution is -2.38. The Bertz CT molecular complexity index is 885. The van der Waals surface area contributed by atoms with E-state index in [1.807, 2.05) is 25.1 Å². The SMILES string of the molecule is Cc1c(CC(=O)N2CCC[C@H]2CO)c2c(n1Cc1ccccc1)CCCC2=O. The van der Waals surface area contributed by atoms with Crippen LogP contribution in [0, 0.1) is 6.92 Å². The molecule has 0 spiro atoms. The Morgan fingerprint density at radius 3 is 2.71 bits per heavy atom. The van der Waals surface area contributed by atoms with Crippen molar-refractivity contribution in [1.29, 1.82) is 0 Å². The van der Waals surface area contributed by atoms with Crippen molar-refractivity contribution in [2.24, 2.45) is 0 Å². The summed E-state index contributed by atoms with van der Waals surface area (Å²) in [5, 5.41) is 9.56. The number of benzene rings is 1. The Morgan fingerprint density at radius 2 is 1.96 bits per heavy atom. The highest BCUT2D eigenvalue weighted by atomic mass is 16.3. The fraction of sp³-hybridized carbons (Fsp3) is 0.478. The molecule has 4 rings (SSSR count). The van der Waals surface area contributed by atoms with Gasteiger partial charge < -0.3 is 14.6 Å². The number of aliphatic hydroxyl groups excluding tert-OH is 1. The van der Waals surface area contributed by atoms with Crippen molar-refractivity contribution in [3.05, 3.63) is 58.4 Å². The highest BCUT2D eigenvalue weighted by Gasteiger charge is 2.32. The number of carbonyl (C=O) groups excluding carboxylic acids is 2. The summed E-state index contributed by atoms with van der Waals surface area (Å²) in [6.45, 7) is 3.46. The molecule has 1 aliphatic heterocycles. The fourth-order valence-electron chi connectivity index (χ4n) is 4.79. The van der Waals surface area contributed by atoms with Gasteiger partial charge in [0.2, 0.25) is 5.91 Å². The summed E-state index contributed by atoms with van der Waals surface area (Å²) in [5.41, 5.74) is 4.98. The van der Waals surface area contributed by atoms with Gasteiger partial charge in [-0.25, -0.2) is 0 Å². The first kappa shape index (κ1) is 18.9. The lowest BCUT2D eigenvalue weighted by Gasteiger charge is -2.23. The van der Waals surface area contributed by atoms with Crippen LogP contribution in [0.1, 0.15) is 58.6 Å². The van der Waals surface area contributed by atoms with Crippen molar-refractivity contribution < 1.29 is 14.7 Å². The van der Waals surface area contributed by atoms with Crippen molar-refractivity contribution in [3.8, 4) is 0 Å². The molecule has 5 heteroatoms. The fourth-order valence-corrected chi connectivity index (χ4v) is 4.79. The van der Waals surface area contributed by atoms with Gasteiger partial charge >= 0.3 is 0 Å². The average molecular weight is 380 g/mol. The van der Waals surface area contributed by atoms with Gasteiger partial charge in [-0.1, -0.05) is 30.3 Å². The minimum atomic E-state index is -0.0780. The molecular formula is C23H28N2O3. The van der Waals surface area contributed by atoms with E-state index in [0.717, 1.165) is 54.7 Å². The van der Waals surface area contributed by atoms with Gasteiger partial charge in [0.25, 0.3) is 0 Å². The standard InChI is InChI=1S/C23H28N2O3/c1-16-19(13-22(28)24-12-6-9-18(24)15-26)23-20(10-5-11-21(23)27)25(16)14-17-7-3-2-4-8-17/h2-4,7-8,18,26H,5-6,9-15H2,1H3/t18-/m0/s1. The summed E-state index contributed by atoms with van der Waals surface area (Å²) in [6, 6.07) is 10.2. The molecule has 28 heavy (non-hydrogen) atoms. The van der Waals surface area contributed by atoms with Gasteiger partial charge in [-0.15, -0.1) is 0 Å². The molecule has 1 N–H and O–H groups in total. The van der Waals surface area contributed by atoms with Crippen LogP contribution in [0.15, 0.2) is 30.3 Å². The van der Waals surface area contributed by atoms with Gasteiger partial charge in [0.05, 0.1) is 19.1 Å². The second kappa shape index (κ2) is 7.92. The number of nitrogens with zero attached hydrogens (tertiary/aromatic N) is 2. The summed E-state index contributed by atoms with van der Waals surface area (Å²) in [4.78, 5) is 27.6. The summed E-state index contributed by atoms with van der Waals surface area (Å²) in [5.74, 6) is 0.191. The summed E-state index contributed by atoms with van der Waals surface area (Å²) < 4.78 is 2.23. The Hall–Kier alpha value is -2.40. The Morgan fingerprint density at radius 1 is 1.18 bits per heavy atom. The Kier molecular flexibility index (Phi) is 5.36. The molecule has 1 aliphatic carbocycles. The van der Waals surface area contributed by atoms with Crippen LogP contribution >= 0.6 is 0 Å². The van der Waals surface area contributed by atoms with Crippen molar-refractivity contribution in [2.75, 3.05) is 13.2 Å². The van der Waals surface area contributed by atoms with Crippen LogP contribution in [0.2, 0.25) is 0 Å². The first-order valence-corrected chi connectivity index (χ1v) is 10.3. The zero-order valence-corrected chi connectivity index (χ0v) is 16.5. The monoisotopic (exact) mass is 380 g/mol. The second-order valence-electron chi connectivity index (χ2n) is 7.98. The van der Waals surface area contributed by atoms with Crippen molar-refractivity contribution >= 4 is 11.7 Å². The molecule has 2 aromatic rings. The maximum absolute atomic E-state index is 13.0. The van der Waals surface area contributed by atoms with Gasteiger partial charge in [-0.3, -0.25) is 9.59 Å². The highest BCUT2D eigenvalue weighted by Crippen LogP contribution is 2.32. The number of ketones is 1. The second-order valence-corrected chi connectivity index (χ2v) is 7.98. The molecule has 1 amide bonds. The zero-order valence-electron chi connectivity index (χ0n) is 16.5. The zero-order chi connectivity index (χ0) is 19.7. The first-order chi connectivity index (χ1) is 13.6. The van der Waals surface area contributed by atoms with E-state index in [2.05, 4.69) is 16.7 Å². The molecule has 5 nitrogen and oxygen atoms in total. The minimum absolute atomic E-state index is 0.0107. The van der Waals surface area contributed by atoms with E-state index in [1.54, 1.807) is 4.90 Å². The number of Topliss-reactive ketones (excluding diaryl/α,β-unsaturated/α-hetero) is 1. The van der Waals surface area contributed by atoms with Gasteiger partial charge in [0.15, 0.2) is 5.78 Å². The van der Waals surface area contributed by atoms with Gasteiger partial charge in [0, 0.05) is 36.5 Å². The lowest BCUT2D eigenvalue weighted by molar-refractivity contribution is -0.132. The topological polar surface area (TPSA) is 62.5 Å². The molecule has 0 radical (unpaired) electrons. The quantitative estimate of drug-likeness (QED) is 0.868. The third-order valence-electron chi connectivity index (χ3n) is 6.27. The molecular weight excluding hydrogens is 352 g/mol. The molecule has 1 atom stereocenters. The molecule has 0 saturated carbocycles. The largest absolute Gasteiger partial charge is 0.394 e. The molecule has 0 bridgehead atoms. The van der Waals surface area contributed by atoms with E-state index in [1.165, 1.54) is 5.56 Å². The van der Waals surface area contributed by atoms with Crippen LogP contribution < -0.4 is 0 Å².